The van der Waals surface area contributed by atoms with Gasteiger partial charge in [-0.05, 0) is 34.3 Å². The number of alkyl halides is 1. The van der Waals surface area contributed by atoms with Gasteiger partial charge in [-0.1, -0.05) is 20.8 Å². The first-order valence-electron chi connectivity index (χ1n) is 6.66. The van der Waals surface area contributed by atoms with Crippen LogP contribution >= 0.6 is 27.5 Å². The number of imidazole rings is 1. The monoisotopic (exact) mass is 343 g/mol. The fourth-order valence-electron chi connectivity index (χ4n) is 2.57. The van der Waals surface area contributed by atoms with Crippen LogP contribution in [0.5, 0.6) is 0 Å². The second-order valence-electron chi connectivity index (χ2n) is 5.05. The number of hydrogen-bond acceptors (Lipinski definition) is 2. The summed E-state index contributed by atoms with van der Waals surface area (Å²) in [6.45, 7) is 6.69. The zero-order valence-electron chi connectivity index (χ0n) is 11.5. The van der Waals surface area contributed by atoms with E-state index in [4.69, 9.17) is 16.6 Å². The van der Waals surface area contributed by atoms with E-state index in [0.29, 0.717) is 17.8 Å². The molecule has 1 unspecified atom stereocenters. The molecule has 0 amide bonds. The van der Waals surface area contributed by atoms with Gasteiger partial charge in [0.15, 0.2) is 5.65 Å². The van der Waals surface area contributed by atoms with E-state index >= 15 is 0 Å². The maximum absolute atomic E-state index is 5.91. The Hall–Kier alpha value is -0.610. The smallest absolute Gasteiger partial charge is 0.160 e. The van der Waals surface area contributed by atoms with Crippen LogP contribution in [0.1, 0.15) is 39.1 Å². The molecule has 0 saturated carbocycles. The lowest BCUT2D eigenvalue weighted by atomic mass is 10.0. The molecular formula is C14H19BrClN3. The zero-order chi connectivity index (χ0) is 14.0. The van der Waals surface area contributed by atoms with Crippen LogP contribution in [0.25, 0.3) is 11.2 Å². The number of aryl methyl sites for hydroxylation is 1. The lowest BCUT2D eigenvalue weighted by Gasteiger charge is -2.23. The molecule has 0 saturated heterocycles. The SMILES string of the molecule is CCC(C(C)C)n1c(CCCl)nc2cc(Br)cnc21. The summed E-state index contributed by atoms with van der Waals surface area (Å²) in [5.41, 5.74) is 1.90. The minimum atomic E-state index is 0.414. The summed E-state index contributed by atoms with van der Waals surface area (Å²) < 4.78 is 3.23. The third-order valence-electron chi connectivity index (χ3n) is 3.41. The minimum absolute atomic E-state index is 0.414. The van der Waals surface area contributed by atoms with E-state index in [-0.39, 0.29) is 0 Å². The summed E-state index contributed by atoms with van der Waals surface area (Å²) in [5.74, 6) is 2.16. The Morgan fingerprint density at radius 1 is 1.42 bits per heavy atom. The summed E-state index contributed by atoms with van der Waals surface area (Å²) in [6.07, 6.45) is 3.67. The van der Waals surface area contributed by atoms with E-state index in [1.807, 2.05) is 12.3 Å². The number of fused-ring (bicyclic) bond motifs is 1. The highest BCUT2D eigenvalue weighted by molar-refractivity contribution is 9.10. The second-order valence-corrected chi connectivity index (χ2v) is 6.35. The molecule has 1 atom stereocenters. The first-order valence-corrected chi connectivity index (χ1v) is 7.99. The molecule has 2 aromatic rings. The van der Waals surface area contributed by atoms with Crippen molar-refractivity contribution in [1.82, 2.24) is 14.5 Å². The van der Waals surface area contributed by atoms with Gasteiger partial charge >= 0.3 is 0 Å². The molecule has 0 radical (unpaired) electrons. The number of hydrogen-bond donors (Lipinski definition) is 0. The van der Waals surface area contributed by atoms with E-state index in [0.717, 1.165) is 34.3 Å². The van der Waals surface area contributed by atoms with Gasteiger partial charge in [0.1, 0.15) is 11.3 Å². The Morgan fingerprint density at radius 3 is 2.74 bits per heavy atom. The predicted molar refractivity (Wildman–Crippen MR) is 83.8 cm³/mol. The topological polar surface area (TPSA) is 30.7 Å². The fourth-order valence-corrected chi connectivity index (χ4v) is 3.05. The second kappa shape index (κ2) is 6.23. The zero-order valence-corrected chi connectivity index (χ0v) is 13.9. The van der Waals surface area contributed by atoms with Crippen molar-refractivity contribution in [3.05, 3.63) is 22.6 Å². The number of nitrogens with zero attached hydrogens (tertiary/aromatic N) is 3. The quantitative estimate of drug-likeness (QED) is 0.743. The van der Waals surface area contributed by atoms with Crippen LogP contribution in [0.2, 0.25) is 0 Å². The number of aromatic nitrogens is 3. The summed E-state index contributed by atoms with van der Waals surface area (Å²) in [5, 5.41) is 0. The van der Waals surface area contributed by atoms with Crippen LogP contribution < -0.4 is 0 Å². The fraction of sp³-hybridized carbons (Fsp3) is 0.571. The summed E-state index contributed by atoms with van der Waals surface area (Å²) in [6, 6.07) is 2.43. The van der Waals surface area contributed by atoms with Crippen LogP contribution in [-0.2, 0) is 6.42 Å². The molecule has 2 aromatic heterocycles. The Balaban J connectivity index is 2.63. The van der Waals surface area contributed by atoms with Gasteiger partial charge in [-0.2, -0.15) is 0 Å². The van der Waals surface area contributed by atoms with Crippen LogP contribution in [0.4, 0.5) is 0 Å². The molecule has 0 aromatic carbocycles. The largest absolute Gasteiger partial charge is 0.309 e. The number of rotatable bonds is 5. The van der Waals surface area contributed by atoms with Crippen LogP contribution in [-0.4, -0.2) is 20.4 Å². The van der Waals surface area contributed by atoms with Crippen molar-refractivity contribution in [3.8, 4) is 0 Å². The molecule has 19 heavy (non-hydrogen) atoms. The Morgan fingerprint density at radius 2 is 2.16 bits per heavy atom. The molecule has 2 heterocycles. The van der Waals surface area contributed by atoms with E-state index in [9.17, 15) is 0 Å². The van der Waals surface area contributed by atoms with Gasteiger partial charge in [-0.3, -0.25) is 0 Å². The standard InChI is InChI=1S/C14H19BrClN3/c1-4-12(9(2)3)19-13(5-6-16)18-11-7-10(15)8-17-14(11)19/h7-9,12H,4-6H2,1-3H3. The maximum Gasteiger partial charge on any atom is 0.160 e. The van der Waals surface area contributed by atoms with Crippen LogP contribution in [0.3, 0.4) is 0 Å². The van der Waals surface area contributed by atoms with E-state index in [1.54, 1.807) is 0 Å². The van der Waals surface area contributed by atoms with Crippen LogP contribution in [0, 0.1) is 5.92 Å². The first-order chi connectivity index (χ1) is 9.08. The number of pyridine rings is 1. The molecule has 0 spiro atoms. The van der Waals surface area contributed by atoms with E-state index < -0.39 is 0 Å². The first kappa shape index (κ1) is 14.8. The van der Waals surface area contributed by atoms with Crippen LogP contribution in [0.15, 0.2) is 16.7 Å². The Kier molecular flexibility index (Phi) is 4.85. The van der Waals surface area contributed by atoms with Crippen molar-refractivity contribution in [2.24, 2.45) is 5.92 Å². The third kappa shape index (κ3) is 2.95. The van der Waals surface area contributed by atoms with Crippen molar-refractivity contribution < 1.29 is 0 Å². The molecule has 0 fully saturated rings. The molecule has 0 aliphatic rings. The van der Waals surface area contributed by atoms with Gasteiger partial charge in [-0.15, -0.1) is 11.6 Å². The van der Waals surface area contributed by atoms with Gasteiger partial charge in [0.05, 0.1) is 0 Å². The molecule has 0 N–H and O–H groups in total. The highest BCUT2D eigenvalue weighted by atomic mass is 79.9. The van der Waals surface area contributed by atoms with Crippen molar-refractivity contribution in [1.29, 1.82) is 0 Å². The lowest BCUT2D eigenvalue weighted by molar-refractivity contribution is 0.363. The van der Waals surface area contributed by atoms with Gasteiger partial charge in [0.25, 0.3) is 0 Å². The molecule has 104 valence electrons. The van der Waals surface area contributed by atoms with Crippen molar-refractivity contribution in [2.75, 3.05) is 5.88 Å². The summed E-state index contributed by atoms with van der Waals surface area (Å²) in [4.78, 5) is 9.25. The molecule has 0 bridgehead atoms. The highest BCUT2D eigenvalue weighted by Gasteiger charge is 2.21. The average molecular weight is 345 g/mol. The van der Waals surface area contributed by atoms with Crippen molar-refractivity contribution in [3.63, 3.8) is 0 Å². The third-order valence-corrected chi connectivity index (χ3v) is 4.03. The molecule has 0 aliphatic heterocycles. The molecular weight excluding hydrogens is 326 g/mol. The lowest BCUT2D eigenvalue weighted by Crippen LogP contribution is -2.17. The molecule has 0 aliphatic carbocycles. The van der Waals surface area contributed by atoms with E-state index in [1.165, 1.54) is 0 Å². The number of halogens is 2. The van der Waals surface area contributed by atoms with Gasteiger partial charge in [0.2, 0.25) is 0 Å². The molecule has 3 nitrogen and oxygen atoms in total. The minimum Gasteiger partial charge on any atom is -0.309 e. The summed E-state index contributed by atoms with van der Waals surface area (Å²) >= 11 is 9.36. The average Bonchev–Trinajstić information content (AvgIpc) is 2.68. The molecule has 2 rings (SSSR count). The normalized spacial score (nSPS) is 13.4. The van der Waals surface area contributed by atoms with Gasteiger partial charge in [0, 0.05) is 29.0 Å². The van der Waals surface area contributed by atoms with E-state index in [2.05, 4.69) is 46.3 Å². The maximum atomic E-state index is 5.91. The van der Waals surface area contributed by atoms with Gasteiger partial charge in [-0.25, -0.2) is 9.97 Å². The summed E-state index contributed by atoms with van der Waals surface area (Å²) in [7, 11) is 0. The molecule has 5 heteroatoms. The predicted octanol–water partition coefficient (Wildman–Crippen LogP) is 4.58. The van der Waals surface area contributed by atoms with Crippen molar-refractivity contribution in [2.45, 2.75) is 39.7 Å². The Bertz CT molecular complexity index is 565. The Labute approximate surface area is 127 Å². The van der Waals surface area contributed by atoms with Crippen molar-refractivity contribution >= 4 is 38.7 Å². The van der Waals surface area contributed by atoms with Gasteiger partial charge < -0.3 is 4.57 Å². The highest BCUT2D eigenvalue weighted by Crippen LogP contribution is 2.29.